The third-order valence-electron chi connectivity index (χ3n) is 6.42. The van der Waals surface area contributed by atoms with Crippen molar-refractivity contribution in [2.24, 2.45) is 5.92 Å². The number of halogens is 3. The van der Waals surface area contributed by atoms with E-state index in [1.54, 1.807) is 30.2 Å². The number of thiazole rings is 1. The summed E-state index contributed by atoms with van der Waals surface area (Å²) >= 11 is 1.03. The number of ether oxygens (including phenoxy) is 2. The first kappa shape index (κ1) is 27.9. The molecule has 1 aliphatic rings. The van der Waals surface area contributed by atoms with Crippen molar-refractivity contribution in [2.45, 2.75) is 58.5 Å². The Morgan fingerprint density at radius 3 is 2.47 bits per heavy atom. The fraction of sp³-hybridized carbons (Fsp3) is 0.464. The smallest absolute Gasteiger partial charge is 0.436 e. The first-order valence-electron chi connectivity index (χ1n) is 12.7. The van der Waals surface area contributed by atoms with Gasteiger partial charge in [-0.25, -0.2) is 9.97 Å². The molecule has 0 bridgehead atoms. The molecule has 0 saturated carbocycles. The molecular formula is C28H32F3N3O3S. The van der Waals surface area contributed by atoms with Crippen molar-refractivity contribution >= 4 is 22.3 Å². The zero-order valence-electron chi connectivity index (χ0n) is 22.0. The largest absolute Gasteiger partial charge is 0.466 e. The van der Waals surface area contributed by atoms with Gasteiger partial charge in [-0.15, -0.1) is 11.3 Å². The van der Waals surface area contributed by atoms with Gasteiger partial charge in [0.05, 0.1) is 17.5 Å². The molecule has 2 aromatic heterocycles. The second-order valence-corrected chi connectivity index (χ2v) is 11.3. The molecule has 0 atom stereocenters. The number of esters is 1. The lowest BCUT2D eigenvalue weighted by molar-refractivity contribution is -0.148. The number of anilines is 1. The van der Waals surface area contributed by atoms with Gasteiger partial charge >= 0.3 is 12.1 Å². The van der Waals surface area contributed by atoms with Gasteiger partial charge in [-0.2, -0.15) is 13.2 Å². The number of pyridine rings is 1. The minimum Gasteiger partial charge on any atom is -0.466 e. The summed E-state index contributed by atoms with van der Waals surface area (Å²) in [5.74, 6) is 0.411. The summed E-state index contributed by atoms with van der Waals surface area (Å²) in [4.78, 5) is 22.1. The summed E-state index contributed by atoms with van der Waals surface area (Å²) in [6.45, 7) is 8.94. The molecule has 0 N–H and O–H groups in total. The van der Waals surface area contributed by atoms with Gasteiger partial charge in [-0.3, -0.25) is 4.79 Å². The molecule has 4 rings (SSSR count). The molecule has 1 saturated heterocycles. The number of alkyl halides is 3. The van der Waals surface area contributed by atoms with E-state index < -0.39 is 11.9 Å². The lowest BCUT2D eigenvalue weighted by atomic mass is 9.86. The zero-order valence-corrected chi connectivity index (χ0v) is 22.8. The summed E-state index contributed by atoms with van der Waals surface area (Å²) in [5, 5.41) is 0.404. The number of carbonyl (C=O) groups is 1. The Labute approximate surface area is 224 Å². The second-order valence-electron chi connectivity index (χ2n) is 10.3. The van der Waals surface area contributed by atoms with E-state index >= 15 is 0 Å². The third kappa shape index (κ3) is 6.46. The first-order valence-corrected chi connectivity index (χ1v) is 13.5. The van der Waals surface area contributed by atoms with Crippen LogP contribution in [0.4, 0.5) is 18.2 Å². The number of hydrogen-bond donors (Lipinski definition) is 0. The molecule has 0 unspecified atom stereocenters. The van der Waals surface area contributed by atoms with E-state index in [9.17, 15) is 18.0 Å². The van der Waals surface area contributed by atoms with Crippen LogP contribution in [0.15, 0.2) is 42.6 Å². The SMILES string of the molecule is CCOC(=O)C1CCN(c2sc(Cc3cccnc3Oc3ccccc3C(C)(C)C)nc2C(F)(F)F)CC1. The van der Waals surface area contributed by atoms with Crippen molar-refractivity contribution < 1.29 is 27.4 Å². The Kier molecular flexibility index (Phi) is 8.30. The highest BCUT2D eigenvalue weighted by atomic mass is 32.1. The summed E-state index contributed by atoms with van der Waals surface area (Å²) in [5.41, 5.74) is 0.583. The van der Waals surface area contributed by atoms with Crippen molar-refractivity contribution in [3.63, 3.8) is 0 Å². The number of rotatable bonds is 7. The molecule has 6 nitrogen and oxygen atoms in total. The lowest BCUT2D eigenvalue weighted by Gasteiger charge is -2.32. The van der Waals surface area contributed by atoms with Crippen LogP contribution >= 0.6 is 11.3 Å². The molecule has 3 heterocycles. The highest BCUT2D eigenvalue weighted by Crippen LogP contribution is 2.42. The minimum atomic E-state index is -4.60. The maximum Gasteiger partial charge on any atom is 0.436 e. The fourth-order valence-corrected chi connectivity index (χ4v) is 5.66. The molecule has 10 heteroatoms. The first-order chi connectivity index (χ1) is 18.0. The Bertz CT molecular complexity index is 1260. The van der Waals surface area contributed by atoms with Crippen LogP contribution in [0.1, 0.15) is 62.4 Å². The molecule has 0 aliphatic carbocycles. The Morgan fingerprint density at radius 1 is 1.11 bits per heavy atom. The van der Waals surface area contributed by atoms with Gasteiger partial charge in [0.15, 0.2) is 5.69 Å². The zero-order chi connectivity index (χ0) is 27.5. The Balaban J connectivity index is 1.58. The minimum absolute atomic E-state index is 0.0826. The van der Waals surface area contributed by atoms with Crippen LogP contribution in [0, 0.1) is 5.92 Å². The van der Waals surface area contributed by atoms with Gasteiger partial charge < -0.3 is 14.4 Å². The van der Waals surface area contributed by atoms with Crippen molar-refractivity contribution in [2.75, 3.05) is 24.6 Å². The average molecular weight is 548 g/mol. The van der Waals surface area contributed by atoms with E-state index in [0.29, 0.717) is 48.1 Å². The molecule has 38 heavy (non-hydrogen) atoms. The molecular weight excluding hydrogens is 515 g/mol. The number of piperidine rings is 1. The van der Waals surface area contributed by atoms with E-state index in [1.165, 1.54) is 0 Å². The predicted octanol–water partition coefficient (Wildman–Crippen LogP) is 7.02. The van der Waals surface area contributed by atoms with Crippen molar-refractivity contribution in [1.82, 2.24) is 9.97 Å². The second kappa shape index (κ2) is 11.3. The maximum absolute atomic E-state index is 14.0. The highest BCUT2D eigenvalue weighted by molar-refractivity contribution is 7.16. The quantitative estimate of drug-likeness (QED) is 0.296. The average Bonchev–Trinajstić information content (AvgIpc) is 3.30. The monoisotopic (exact) mass is 547 g/mol. The molecule has 1 aromatic carbocycles. The summed E-state index contributed by atoms with van der Waals surface area (Å²) in [6.07, 6.45) is -1.97. The van der Waals surface area contributed by atoms with Crippen molar-refractivity contribution in [1.29, 1.82) is 0 Å². The van der Waals surface area contributed by atoms with Crippen LogP contribution in [0.5, 0.6) is 11.6 Å². The third-order valence-corrected chi connectivity index (χ3v) is 7.53. The van der Waals surface area contributed by atoms with Crippen LogP contribution in [-0.4, -0.2) is 35.6 Å². The number of aromatic nitrogens is 2. The number of para-hydroxylation sites is 1. The maximum atomic E-state index is 14.0. The Hall–Kier alpha value is -3.14. The predicted molar refractivity (Wildman–Crippen MR) is 141 cm³/mol. The van der Waals surface area contributed by atoms with E-state index in [0.717, 1.165) is 16.9 Å². The normalized spacial score (nSPS) is 15.0. The van der Waals surface area contributed by atoms with Crippen LogP contribution in [0.2, 0.25) is 0 Å². The van der Waals surface area contributed by atoms with Gasteiger partial charge in [0.2, 0.25) is 5.88 Å². The molecule has 204 valence electrons. The fourth-order valence-electron chi connectivity index (χ4n) is 4.50. The number of benzene rings is 1. The van der Waals surface area contributed by atoms with Gasteiger partial charge in [0.1, 0.15) is 10.8 Å². The van der Waals surface area contributed by atoms with E-state index in [1.807, 2.05) is 24.3 Å². The highest BCUT2D eigenvalue weighted by Gasteiger charge is 2.40. The van der Waals surface area contributed by atoms with Crippen LogP contribution < -0.4 is 9.64 Å². The van der Waals surface area contributed by atoms with E-state index in [4.69, 9.17) is 9.47 Å². The number of carbonyl (C=O) groups excluding carboxylic acids is 1. The molecule has 1 aliphatic heterocycles. The van der Waals surface area contributed by atoms with Gasteiger partial charge in [-0.05, 0) is 37.3 Å². The van der Waals surface area contributed by atoms with Crippen molar-refractivity contribution in [3.05, 3.63) is 64.4 Å². The summed E-state index contributed by atoms with van der Waals surface area (Å²) < 4.78 is 53.3. The van der Waals surface area contributed by atoms with Crippen LogP contribution in [0.3, 0.4) is 0 Å². The summed E-state index contributed by atoms with van der Waals surface area (Å²) in [6, 6.07) is 11.2. The summed E-state index contributed by atoms with van der Waals surface area (Å²) in [7, 11) is 0. The molecule has 0 radical (unpaired) electrons. The number of hydrogen-bond acceptors (Lipinski definition) is 7. The molecule has 1 fully saturated rings. The topological polar surface area (TPSA) is 64.5 Å². The van der Waals surface area contributed by atoms with Crippen molar-refractivity contribution in [3.8, 4) is 11.6 Å². The molecule has 0 amide bonds. The molecule has 0 spiro atoms. The van der Waals surface area contributed by atoms with Crippen LogP contribution in [-0.2, 0) is 27.5 Å². The number of nitrogens with zero attached hydrogens (tertiary/aromatic N) is 3. The molecule has 3 aromatic rings. The van der Waals surface area contributed by atoms with Crippen LogP contribution in [0.25, 0.3) is 0 Å². The van der Waals surface area contributed by atoms with Gasteiger partial charge in [0.25, 0.3) is 0 Å². The van der Waals surface area contributed by atoms with Gasteiger partial charge in [-0.1, -0.05) is 45.0 Å². The van der Waals surface area contributed by atoms with E-state index in [2.05, 4.69) is 30.7 Å². The Morgan fingerprint density at radius 2 is 1.82 bits per heavy atom. The van der Waals surface area contributed by atoms with Gasteiger partial charge in [0, 0.05) is 36.8 Å². The van der Waals surface area contributed by atoms with E-state index in [-0.39, 0.29) is 35.3 Å². The standard InChI is InChI=1S/C28H32F3N3O3S/c1-5-36-26(35)18-12-15-34(16-13-18)25-23(28(29,30)31)33-22(38-25)17-19-9-8-14-32-24(19)37-21-11-7-6-10-20(21)27(2,3)4/h6-11,14,18H,5,12-13,15-17H2,1-4H3. The lowest BCUT2D eigenvalue weighted by Crippen LogP contribution is -2.37.